The number of carbonyl (C=O) groups is 9. The Kier molecular flexibility index (Phi) is 30.7. The minimum atomic E-state index is -1.07. The lowest BCUT2D eigenvalue weighted by Crippen LogP contribution is -2.60. The van der Waals surface area contributed by atoms with Crippen LogP contribution in [0.1, 0.15) is 138 Å². The largest absolute Gasteiger partial charge is 0.445 e. The van der Waals surface area contributed by atoms with Gasteiger partial charge in [0, 0.05) is 53.5 Å². The van der Waals surface area contributed by atoms with Crippen LogP contribution in [-0.4, -0.2) is 169 Å². The molecule has 0 saturated carbocycles. The maximum atomic E-state index is 14.8. The summed E-state index contributed by atoms with van der Waals surface area (Å²) in [4.78, 5) is 126. The minimum absolute atomic E-state index is 0.0830. The fourth-order valence-corrected chi connectivity index (χ4v) is 10.9. The van der Waals surface area contributed by atoms with E-state index in [1.54, 1.807) is 115 Å². The number of allylic oxidation sites excluding steroid dienone is 1. The number of ether oxygens (including phenoxy) is 3. The van der Waals surface area contributed by atoms with Gasteiger partial charge in [0.15, 0.2) is 0 Å². The molecule has 0 radical (unpaired) electrons. The molecule has 10 amide bonds. The van der Waals surface area contributed by atoms with Crippen molar-refractivity contribution in [1.29, 1.82) is 0 Å². The van der Waals surface area contributed by atoms with Gasteiger partial charge in [0.05, 0.1) is 48.8 Å². The number of likely N-dealkylation sites (tertiary alicyclic amines) is 1. The molecule has 2 aromatic carbocycles. The molecule has 12 atom stereocenters. The van der Waals surface area contributed by atoms with Gasteiger partial charge in [-0.2, -0.15) is 0 Å². The zero-order valence-corrected chi connectivity index (χ0v) is 53.2. The highest BCUT2D eigenvalue weighted by Gasteiger charge is 2.44. The number of benzene rings is 2. The van der Waals surface area contributed by atoms with Gasteiger partial charge in [0.2, 0.25) is 41.4 Å². The molecule has 1 aliphatic rings. The van der Waals surface area contributed by atoms with Crippen molar-refractivity contribution in [1.82, 2.24) is 41.3 Å². The molecule has 1 saturated heterocycles. The average molecular weight is 1210 g/mol. The predicted octanol–water partition coefficient (Wildman–Crippen LogP) is 5.56. The van der Waals surface area contributed by atoms with Crippen molar-refractivity contribution in [2.75, 3.05) is 46.7 Å². The van der Waals surface area contributed by atoms with Gasteiger partial charge in [-0.3, -0.25) is 38.5 Å². The van der Waals surface area contributed by atoms with Gasteiger partial charge in [0.1, 0.15) is 30.8 Å². The molecule has 1 aliphatic heterocycles. The number of rotatable bonds is 35. The quantitative estimate of drug-likeness (QED) is 0.0310. The molecule has 23 nitrogen and oxygen atoms in total. The maximum Gasteiger partial charge on any atom is 0.410 e. The Morgan fingerprint density at radius 2 is 1.42 bits per heavy atom. The van der Waals surface area contributed by atoms with E-state index in [0.29, 0.717) is 49.0 Å². The summed E-state index contributed by atoms with van der Waals surface area (Å²) in [6.07, 6.45) is 1.25. The van der Waals surface area contributed by atoms with Gasteiger partial charge in [-0.15, -0.1) is 6.58 Å². The number of carbonyl (C=O) groups excluding carboxylic acids is 9. The summed E-state index contributed by atoms with van der Waals surface area (Å²) in [5.41, 5.74) is 6.79. The Labute approximate surface area is 509 Å². The first-order valence-corrected chi connectivity index (χ1v) is 30.1. The second-order valence-corrected chi connectivity index (χ2v) is 23.6. The highest BCUT2D eigenvalue weighted by molar-refractivity contribution is 5.98. The lowest BCUT2D eigenvalue weighted by Gasteiger charge is -2.41. The highest BCUT2D eigenvalue weighted by atomic mass is 16.6. The van der Waals surface area contributed by atoms with Gasteiger partial charge in [-0.25, -0.2) is 9.59 Å². The van der Waals surface area contributed by atoms with E-state index < -0.39 is 114 Å². The number of nitrogens with zero attached hydrogens (tertiary/aromatic N) is 3. The topological polar surface area (TPSA) is 309 Å². The number of nitrogens with two attached hydrogens (primary N) is 1. The van der Waals surface area contributed by atoms with Crippen molar-refractivity contribution in [2.45, 2.75) is 188 Å². The number of aliphatic hydroxyl groups excluding tert-OH is 1. The fraction of sp³-hybridized carbons (Fsp3) is 0.635. The van der Waals surface area contributed by atoms with Crippen molar-refractivity contribution in [3.63, 3.8) is 0 Å². The van der Waals surface area contributed by atoms with Gasteiger partial charge in [-0.1, -0.05) is 117 Å². The standard InChI is InChI=1S/C63H100N10O13/c1-16-18-28-49(74)69-51(37(3)4)59(79)68-46(26-22-33-65-62(64)82)58(78)67-45-31-29-43(30-32-45)36-86-63(83)72(13)53(39(7)8)60(80)70-52(38(5)6)61(81)71(12)54(40(9)17-2)48(84-14)35-50(75)73-34-23-27-47(73)56(85-15)41(10)57(77)66-42(11)55(76)44-24-20-19-21-25-44/h16,19-21,24-25,29-32,37-42,46-48,51-56,76H,1,17-18,22-23,26-28,33-36H2,2-15H3,(H,66,77)(H,67,78)(H,68,79)(H,69,74)(H,70,80)(H3,64,65,82)/t40-,41+,42+,46-,47-,48+,51-,52-,53-,54-,55+,56+/m0/s1. The molecule has 1 fully saturated rings. The second kappa shape index (κ2) is 36.1. The summed E-state index contributed by atoms with van der Waals surface area (Å²) in [6, 6.07) is 9.03. The van der Waals surface area contributed by atoms with Crippen molar-refractivity contribution >= 4 is 59.2 Å². The van der Waals surface area contributed by atoms with Crippen LogP contribution in [0.15, 0.2) is 67.3 Å². The third-order valence-electron chi connectivity index (χ3n) is 16.1. The molecular formula is C63H100N10O13. The summed E-state index contributed by atoms with van der Waals surface area (Å²) in [5.74, 6) is -4.98. The predicted molar refractivity (Wildman–Crippen MR) is 328 cm³/mol. The van der Waals surface area contributed by atoms with Crippen molar-refractivity contribution in [2.24, 2.45) is 35.3 Å². The van der Waals surface area contributed by atoms with Crippen LogP contribution in [0.3, 0.4) is 0 Å². The number of nitrogens with one attached hydrogen (secondary N) is 6. The Balaban J connectivity index is 1.71. The van der Waals surface area contributed by atoms with Gasteiger partial charge >= 0.3 is 12.1 Å². The molecule has 1 heterocycles. The number of urea groups is 1. The molecule has 86 heavy (non-hydrogen) atoms. The van der Waals surface area contributed by atoms with Gasteiger partial charge < -0.3 is 66.8 Å². The molecule has 3 rings (SSSR count). The van der Waals surface area contributed by atoms with Crippen LogP contribution >= 0.6 is 0 Å². The molecule has 0 bridgehead atoms. The highest BCUT2D eigenvalue weighted by Crippen LogP contribution is 2.30. The lowest BCUT2D eigenvalue weighted by molar-refractivity contribution is -0.148. The van der Waals surface area contributed by atoms with Crippen LogP contribution in [0.4, 0.5) is 15.3 Å². The van der Waals surface area contributed by atoms with E-state index in [1.807, 2.05) is 32.0 Å². The number of aliphatic hydroxyl groups is 1. The molecule has 23 heteroatoms. The SMILES string of the molecule is C=CCCC(=O)N[C@H](C(=O)N[C@@H](CCCNC(N)=O)C(=O)Nc1ccc(COC(=O)N(C)[C@H](C(=O)N[C@H](C(=O)N(C)[C@@H]([C@@H](C)CC)[C@@H](CC(=O)N2CCC[C@H]2[C@H](OC)[C@@H](C)C(=O)N[C@H](C)[C@@H](O)c2ccccc2)OC)C(C)C)C(C)C)cc1)C(C)C. The average Bonchev–Trinajstić information content (AvgIpc) is 2.88. The smallest absolute Gasteiger partial charge is 0.410 e. The molecule has 480 valence electrons. The summed E-state index contributed by atoms with van der Waals surface area (Å²) >= 11 is 0. The summed E-state index contributed by atoms with van der Waals surface area (Å²) in [6.45, 7) is 22.1. The van der Waals surface area contributed by atoms with Crippen LogP contribution in [0.2, 0.25) is 0 Å². The van der Waals surface area contributed by atoms with Gasteiger partial charge in [-0.05, 0) is 86.0 Å². The first-order chi connectivity index (χ1) is 40.6. The van der Waals surface area contributed by atoms with Crippen LogP contribution in [0.25, 0.3) is 0 Å². The van der Waals surface area contributed by atoms with Crippen LogP contribution in [-0.2, 0) is 54.4 Å². The first-order valence-electron chi connectivity index (χ1n) is 30.1. The third-order valence-corrected chi connectivity index (χ3v) is 16.1. The van der Waals surface area contributed by atoms with Crippen molar-refractivity contribution < 1.29 is 62.5 Å². The molecule has 9 N–H and O–H groups in total. The van der Waals surface area contributed by atoms with Crippen LogP contribution in [0.5, 0.6) is 0 Å². The Hall–Kier alpha value is -7.11. The molecule has 0 aromatic heterocycles. The summed E-state index contributed by atoms with van der Waals surface area (Å²) < 4.78 is 17.7. The molecule has 0 unspecified atom stereocenters. The molecule has 2 aromatic rings. The zero-order valence-electron chi connectivity index (χ0n) is 53.2. The fourth-order valence-electron chi connectivity index (χ4n) is 10.9. The summed E-state index contributed by atoms with van der Waals surface area (Å²) in [5, 5.41) is 27.6. The van der Waals surface area contributed by atoms with E-state index in [9.17, 15) is 48.3 Å². The monoisotopic (exact) mass is 1200 g/mol. The minimum Gasteiger partial charge on any atom is -0.445 e. The van der Waals surface area contributed by atoms with E-state index in [4.69, 9.17) is 19.9 Å². The molecular weight excluding hydrogens is 1100 g/mol. The van der Waals surface area contributed by atoms with Gasteiger partial charge in [0.25, 0.3) is 0 Å². The molecule has 0 spiro atoms. The van der Waals surface area contributed by atoms with E-state index in [-0.39, 0.29) is 68.4 Å². The molecule has 0 aliphatic carbocycles. The van der Waals surface area contributed by atoms with E-state index in [2.05, 4.69) is 38.5 Å². The maximum absolute atomic E-state index is 14.8. The van der Waals surface area contributed by atoms with E-state index >= 15 is 0 Å². The Morgan fingerprint density at radius 1 is 0.779 bits per heavy atom. The summed E-state index contributed by atoms with van der Waals surface area (Å²) in [7, 11) is 6.10. The van der Waals surface area contributed by atoms with Crippen LogP contribution < -0.4 is 37.6 Å². The lowest BCUT2D eigenvalue weighted by atomic mass is 9.89. The van der Waals surface area contributed by atoms with Crippen molar-refractivity contribution in [3.8, 4) is 0 Å². The number of hydrogen-bond donors (Lipinski definition) is 8. The number of anilines is 1. The van der Waals surface area contributed by atoms with E-state index in [1.165, 1.54) is 26.2 Å². The van der Waals surface area contributed by atoms with Crippen molar-refractivity contribution in [3.05, 3.63) is 78.4 Å². The van der Waals surface area contributed by atoms with Crippen LogP contribution in [0, 0.1) is 29.6 Å². The Morgan fingerprint density at radius 3 is 1.98 bits per heavy atom. The number of likely N-dealkylation sites (N-methyl/N-ethyl adjacent to an activating group) is 2. The number of hydrogen-bond acceptors (Lipinski definition) is 13. The zero-order chi connectivity index (χ0) is 64.5. The first kappa shape index (κ1) is 73.1. The Bertz CT molecular complexity index is 2530. The number of amides is 10. The third kappa shape index (κ3) is 21.7. The van der Waals surface area contributed by atoms with E-state index in [0.717, 1.165) is 0 Å². The number of methoxy groups -OCH3 is 2. The second-order valence-electron chi connectivity index (χ2n) is 23.6. The number of primary amides is 1. The normalized spacial score (nSPS) is 17.0.